The number of hydrogen-bond donors (Lipinski definition) is 2. The van der Waals surface area contributed by atoms with E-state index in [2.05, 4.69) is 18.4 Å². The minimum absolute atomic E-state index is 0.00549. The fraction of sp³-hybridized carbons (Fsp3) is 0.200. The fourth-order valence-electron chi connectivity index (χ4n) is 2.25. The molecule has 1 unspecified atom stereocenters. The molecule has 0 bridgehead atoms. The van der Waals surface area contributed by atoms with E-state index in [0.29, 0.717) is 0 Å². The summed E-state index contributed by atoms with van der Waals surface area (Å²) in [6.45, 7) is 4.36. The topological polar surface area (TPSA) is 66.8 Å². The largest absolute Gasteiger partial charge is 0.504 e. The monoisotopic (exact) mass is 358 g/mol. The summed E-state index contributed by atoms with van der Waals surface area (Å²) in [5.41, 5.74) is 1.76. The molecule has 132 valence electrons. The number of fused-ring (bicyclic) bond motifs is 1. The van der Waals surface area contributed by atoms with Gasteiger partial charge in [0.15, 0.2) is 11.5 Å². The highest BCUT2D eigenvalue weighted by atomic mass is 31.1. The quantitative estimate of drug-likeness (QED) is 0.580. The predicted octanol–water partition coefficient (Wildman–Crippen LogP) is 5.78. The van der Waals surface area contributed by atoms with Crippen molar-refractivity contribution >= 4 is 19.0 Å². The van der Waals surface area contributed by atoms with Gasteiger partial charge in [-0.25, -0.2) is 4.57 Å². The first-order chi connectivity index (χ1) is 12.0. The number of unbranched alkanes of at least 4 members (excludes halogenated alkanes) is 1. The first kappa shape index (κ1) is 19.0. The van der Waals surface area contributed by atoms with Gasteiger partial charge >= 0.3 is 8.25 Å². The van der Waals surface area contributed by atoms with Gasteiger partial charge in [0, 0.05) is 0 Å². The maximum atomic E-state index is 10.7. The number of phenolic OH excluding ortho intramolecular Hbond substituents is 1. The molecule has 3 rings (SSSR count). The summed E-state index contributed by atoms with van der Waals surface area (Å²) in [4.78, 5) is 8.75. The van der Waals surface area contributed by atoms with Gasteiger partial charge in [-0.05, 0) is 40.1 Å². The Kier molecular flexibility index (Phi) is 7.05. The highest BCUT2D eigenvalue weighted by Gasteiger charge is 2.07. The van der Waals surface area contributed by atoms with Crippen LogP contribution in [-0.2, 0) is 4.57 Å². The Bertz CT molecular complexity index is 859. The Morgan fingerprint density at radius 1 is 0.880 bits per heavy atom. The van der Waals surface area contributed by atoms with Crippen molar-refractivity contribution in [3.63, 3.8) is 0 Å². The molecule has 0 aliphatic carbocycles. The van der Waals surface area contributed by atoms with Gasteiger partial charge in [-0.2, -0.15) is 0 Å². The molecule has 0 aliphatic rings. The van der Waals surface area contributed by atoms with Gasteiger partial charge in [-0.1, -0.05) is 69.2 Å². The summed E-state index contributed by atoms with van der Waals surface area (Å²) >= 11 is 0. The average Bonchev–Trinajstić information content (AvgIpc) is 2.63. The van der Waals surface area contributed by atoms with Crippen molar-refractivity contribution in [1.82, 2.24) is 0 Å². The van der Waals surface area contributed by atoms with E-state index in [1.165, 1.54) is 25.0 Å². The third kappa shape index (κ3) is 5.35. The predicted molar refractivity (Wildman–Crippen MR) is 103 cm³/mol. The normalized spacial score (nSPS) is 11.5. The van der Waals surface area contributed by atoms with Crippen LogP contribution in [0.4, 0.5) is 0 Å². The van der Waals surface area contributed by atoms with Gasteiger partial charge in [0.05, 0.1) is 0 Å². The molecule has 0 saturated heterocycles. The summed E-state index contributed by atoms with van der Waals surface area (Å²) < 4.78 is 15.3. The molecule has 0 amide bonds. The summed E-state index contributed by atoms with van der Waals surface area (Å²) in [5.74, 6) is -0.154. The van der Waals surface area contributed by atoms with Gasteiger partial charge in [0.2, 0.25) is 0 Å². The maximum Gasteiger partial charge on any atom is 0.365 e. The van der Waals surface area contributed by atoms with E-state index in [4.69, 9.17) is 4.89 Å². The van der Waals surface area contributed by atoms with Gasteiger partial charge in [-0.15, -0.1) is 0 Å². The molecule has 0 saturated carbocycles. The molecule has 0 spiro atoms. The van der Waals surface area contributed by atoms with Crippen molar-refractivity contribution in [2.24, 2.45) is 0 Å². The molecule has 0 fully saturated rings. The van der Waals surface area contributed by atoms with Crippen LogP contribution in [-0.4, -0.2) is 10.00 Å². The Hall–Kier alpha value is -2.29. The lowest BCUT2D eigenvalue weighted by molar-refractivity contribution is 0.389. The van der Waals surface area contributed by atoms with Crippen LogP contribution in [0, 0.1) is 0 Å². The molecule has 0 radical (unpaired) electrons. The SMILES string of the molecule is CCCC.O=[PH](O)Oc1ccc(-c2ccc3ccccc3c2)cc1O. The number of benzene rings is 3. The van der Waals surface area contributed by atoms with E-state index in [9.17, 15) is 9.67 Å². The molecule has 5 heteroatoms. The van der Waals surface area contributed by atoms with Crippen LogP contribution in [0.25, 0.3) is 21.9 Å². The van der Waals surface area contributed by atoms with Crippen molar-refractivity contribution < 1.29 is 19.1 Å². The van der Waals surface area contributed by atoms with Gasteiger partial charge in [-0.3, -0.25) is 0 Å². The van der Waals surface area contributed by atoms with Crippen LogP contribution in [0.1, 0.15) is 26.7 Å². The van der Waals surface area contributed by atoms with E-state index in [-0.39, 0.29) is 11.5 Å². The average molecular weight is 358 g/mol. The molecule has 25 heavy (non-hydrogen) atoms. The first-order valence-corrected chi connectivity index (χ1v) is 9.54. The van der Waals surface area contributed by atoms with Gasteiger partial charge in [0.25, 0.3) is 0 Å². The molecular formula is C20H23O4P. The minimum atomic E-state index is -3.12. The lowest BCUT2D eigenvalue weighted by atomic mass is 10.0. The van der Waals surface area contributed by atoms with Crippen LogP contribution in [0.5, 0.6) is 11.5 Å². The smallest absolute Gasteiger partial charge is 0.365 e. The van der Waals surface area contributed by atoms with Gasteiger partial charge < -0.3 is 14.5 Å². The Morgan fingerprint density at radius 2 is 1.48 bits per heavy atom. The summed E-state index contributed by atoms with van der Waals surface area (Å²) in [6, 6.07) is 18.8. The highest BCUT2D eigenvalue weighted by molar-refractivity contribution is 7.32. The maximum absolute atomic E-state index is 10.7. The van der Waals surface area contributed by atoms with E-state index in [1.54, 1.807) is 6.07 Å². The van der Waals surface area contributed by atoms with Crippen molar-refractivity contribution in [2.45, 2.75) is 26.7 Å². The molecule has 0 heterocycles. The summed E-state index contributed by atoms with van der Waals surface area (Å²) in [7, 11) is -3.12. The molecule has 4 nitrogen and oxygen atoms in total. The van der Waals surface area contributed by atoms with Crippen molar-refractivity contribution in [3.05, 3.63) is 60.7 Å². The molecule has 0 aromatic heterocycles. The van der Waals surface area contributed by atoms with Crippen molar-refractivity contribution in [3.8, 4) is 22.6 Å². The fourth-order valence-corrected chi connectivity index (χ4v) is 2.61. The number of aromatic hydroxyl groups is 1. The first-order valence-electron chi connectivity index (χ1n) is 8.28. The third-order valence-electron chi connectivity index (χ3n) is 3.74. The second kappa shape index (κ2) is 9.26. The van der Waals surface area contributed by atoms with Gasteiger partial charge in [0.1, 0.15) is 0 Å². The number of hydrogen-bond acceptors (Lipinski definition) is 3. The lowest BCUT2D eigenvalue weighted by Crippen LogP contribution is -1.84. The zero-order chi connectivity index (χ0) is 18.2. The summed E-state index contributed by atoms with van der Waals surface area (Å²) in [5, 5.41) is 12.1. The van der Waals surface area contributed by atoms with Crippen molar-refractivity contribution in [2.75, 3.05) is 0 Å². The van der Waals surface area contributed by atoms with E-state index in [1.807, 2.05) is 42.5 Å². The van der Waals surface area contributed by atoms with Crippen LogP contribution in [0.15, 0.2) is 60.7 Å². The molecule has 1 atom stereocenters. The zero-order valence-corrected chi connectivity index (χ0v) is 15.4. The second-order valence-corrected chi connectivity index (χ2v) is 6.35. The Morgan fingerprint density at radius 3 is 2.08 bits per heavy atom. The molecular weight excluding hydrogens is 335 g/mol. The van der Waals surface area contributed by atoms with Crippen LogP contribution in [0.3, 0.4) is 0 Å². The summed E-state index contributed by atoms with van der Waals surface area (Å²) in [6.07, 6.45) is 2.64. The zero-order valence-electron chi connectivity index (χ0n) is 14.4. The molecule has 2 N–H and O–H groups in total. The standard InChI is InChI=1S/C16H13O4P.C4H10/c17-15-10-14(7-8-16(15)20-21(18)19)13-6-5-11-3-1-2-4-12(11)9-13;1-3-4-2/h1-10,17,21H,(H,18,19);3-4H2,1-2H3. The highest BCUT2D eigenvalue weighted by Crippen LogP contribution is 2.36. The van der Waals surface area contributed by atoms with Crippen LogP contribution >= 0.6 is 8.25 Å². The van der Waals surface area contributed by atoms with E-state index < -0.39 is 8.25 Å². The third-order valence-corrected chi connectivity index (χ3v) is 4.13. The van der Waals surface area contributed by atoms with E-state index in [0.717, 1.165) is 21.9 Å². The minimum Gasteiger partial charge on any atom is -0.504 e. The Balaban J connectivity index is 0.000000511. The second-order valence-electron chi connectivity index (χ2n) is 5.61. The van der Waals surface area contributed by atoms with Crippen LogP contribution < -0.4 is 4.52 Å². The van der Waals surface area contributed by atoms with Crippen LogP contribution in [0.2, 0.25) is 0 Å². The Labute approximate surface area is 148 Å². The molecule has 3 aromatic rings. The molecule has 0 aliphatic heterocycles. The number of rotatable bonds is 4. The van der Waals surface area contributed by atoms with Crippen molar-refractivity contribution in [1.29, 1.82) is 0 Å². The number of phenols is 1. The lowest BCUT2D eigenvalue weighted by Gasteiger charge is -2.08. The molecule has 3 aromatic carbocycles. The van der Waals surface area contributed by atoms with E-state index >= 15 is 0 Å².